The first-order valence-corrected chi connectivity index (χ1v) is 11.2. The molecule has 0 amide bonds. The fraction of sp³-hybridized carbons (Fsp3) is 0.889. The highest BCUT2D eigenvalue weighted by atomic mass is 32.3. The van der Waals surface area contributed by atoms with Gasteiger partial charge in [-0.05, 0) is 6.42 Å². The van der Waals surface area contributed by atoms with Crippen LogP contribution in [0.5, 0.6) is 0 Å². The number of hydrogen-bond acceptors (Lipinski definition) is 6. The molecule has 0 radical (unpaired) electrons. The molecule has 0 spiro atoms. The molecule has 0 fully saturated rings. The summed E-state index contributed by atoms with van der Waals surface area (Å²) in [6.07, 6.45) is 12.1. The lowest BCUT2D eigenvalue weighted by molar-refractivity contribution is -0.143. The third-order valence-corrected chi connectivity index (χ3v) is 4.12. The van der Waals surface area contributed by atoms with E-state index in [4.69, 9.17) is 19.5 Å². The molecular weight excluding hydrogens is 392 g/mol. The molecule has 168 valence electrons. The third-order valence-electron chi connectivity index (χ3n) is 3.65. The van der Waals surface area contributed by atoms with Gasteiger partial charge in [0.25, 0.3) is 0 Å². The van der Waals surface area contributed by atoms with E-state index in [9.17, 15) is 18.0 Å². The molecule has 3 N–H and O–H groups in total. The van der Waals surface area contributed by atoms with E-state index in [2.05, 4.69) is 11.1 Å². The SMILES string of the molecule is CCCCCCCCCCCCOCCOS(=O)(=O)O.O=C(O)CCC(=O)O. The van der Waals surface area contributed by atoms with Crippen LogP contribution in [0.15, 0.2) is 0 Å². The Balaban J connectivity index is 0. The number of unbranched alkanes of at least 4 members (excludes halogenated alkanes) is 9. The number of carboxylic acid groups (broad SMARTS) is 2. The van der Waals surface area contributed by atoms with Crippen molar-refractivity contribution in [3.8, 4) is 0 Å². The predicted molar refractivity (Wildman–Crippen MR) is 105 cm³/mol. The predicted octanol–water partition coefficient (Wildman–Crippen LogP) is 3.68. The maximum Gasteiger partial charge on any atom is 0.397 e. The van der Waals surface area contributed by atoms with Gasteiger partial charge in [-0.25, -0.2) is 4.18 Å². The van der Waals surface area contributed by atoms with Crippen LogP contribution in [0.4, 0.5) is 0 Å². The maximum atomic E-state index is 10.2. The summed E-state index contributed by atoms with van der Waals surface area (Å²) >= 11 is 0. The van der Waals surface area contributed by atoms with Crippen LogP contribution >= 0.6 is 0 Å². The molecule has 0 heterocycles. The van der Waals surface area contributed by atoms with Gasteiger partial charge in [0.05, 0.1) is 26.1 Å². The van der Waals surface area contributed by atoms with E-state index >= 15 is 0 Å². The van der Waals surface area contributed by atoms with Crippen LogP contribution in [0.2, 0.25) is 0 Å². The van der Waals surface area contributed by atoms with Crippen LogP contribution in [0, 0.1) is 0 Å². The number of carbonyl (C=O) groups is 2. The normalized spacial score (nSPS) is 10.9. The lowest BCUT2D eigenvalue weighted by atomic mass is 10.1. The Morgan fingerprint density at radius 2 is 1.14 bits per heavy atom. The molecule has 0 saturated carbocycles. The van der Waals surface area contributed by atoms with Crippen LogP contribution in [-0.4, -0.2) is 54.9 Å². The minimum atomic E-state index is -4.32. The average molecular weight is 429 g/mol. The van der Waals surface area contributed by atoms with Gasteiger partial charge in [0.1, 0.15) is 0 Å². The number of hydrogen-bond donors (Lipinski definition) is 3. The van der Waals surface area contributed by atoms with Crippen molar-refractivity contribution in [2.75, 3.05) is 19.8 Å². The first-order chi connectivity index (χ1) is 13.2. The Bertz CT molecular complexity index is 463. The van der Waals surface area contributed by atoms with Gasteiger partial charge in [0.2, 0.25) is 0 Å². The van der Waals surface area contributed by atoms with E-state index in [0.717, 1.165) is 12.8 Å². The summed E-state index contributed by atoms with van der Waals surface area (Å²) in [7, 11) is -4.32. The highest BCUT2D eigenvalue weighted by molar-refractivity contribution is 7.80. The first-order valence-electron chi connectivity index (χ1n) is 9.82. The van der Waals surface area contributed by atoms with Gasteiger partial charge in [0, 0.05) is 6.61 Å². The molecule has 0 aliphatic carbocycles. The van der Waals surface area contributed by atoms with Crippen LogP contribution in [0.3, 0.4) is 0 Å². The van der Waals surface area contributed by atoms with E-state index in [1.165, 1.54) is 51.4 Å². The van der Waals surface area contributed by atoms with Gasteiger partial charge < -0.3 is 14.9 Å². The van der Waals surface area contributed by atoms with Crippen molar-refractivity contribution in [2.24, 2.45) is 0 Å². The number of ether oxygens (including phenoxy) is 1. The Labute approximate surface area is 168 Å². The molecule has 0 aliphatic rings. The standard InChI is InChI=1S/C14H30O5S.C4H6O4/c1-2-3-4-5-6-7-8-9-10-11-12-18-13-14-19-20(15,16)17;5-3(6)1-2-4(7)8/h2-14H2,1H3,(H,15,16,17);1-2H2,(H,5,6)(H,7,8). The van der Waals surface area contributed by atoms with Crippen molar-refractivity contribution < 1.29 is 41.7 Å². The number of aliphatic carboxylic acids is 2. The Hall–Kier alpha value is -1.23. The molecule has 0 aromatic rings. The van der Waals surface area contributed by atoms with Crippen molar-refractivity contribution in [2.45, 2.75) is 84.0 Å². The van der Waals surface area contributed by atoms with Gasteiger partial charge in [0.15, 0.2) is 0 Å². The minimum Gasteiger partial charge on any atom is -0.481 e. The Morgan fingerprint density at radius 1 is 0.714 bits per heavy atom. The third kappa shape index (κ3) is 32.4. The summed E-state index contributed by atoms with van der Waals surface area (Å²) in [4.78, 5) is 19.3. The molecule has 0 atom stereocenters. The average Bonchev–Trinajstić information content (AvgIpc) is 2.60. The van der Waals surface area contributed by atoms with Crippen LogP contribution < -0.4 is 0 Å². The quantitative estimate of drug-likeness (QED) is 0.219. The highest BCUT2D eigenvalue weighted by Gasteiger charge is 2.02. The van der Waals surface area contributed by atoms with Gasteiger partial charge in [-0.3, -0.25) is 14.1 Å². The summed E-state index contributed by atoms with van der Waals surface area (Å²) in [5.41, 5.74) is 0. The first kappa shape index (κ1) is 29.0. The minimum absolute atomic E-state index is 0.128. The molecule has 0 rings (SSSR count). The van der Waals surface area contributed by atoms with Crippen molar-refractivity contribution >= 4 is 22.3 Å². The highest BCUT2D eigenvalue weighted by Crippen LogP contribution is 2.10. The second-order valence-corrected chi connectivity index (χ2v) is 7.42. The second kappa shape index (κ2) is 20.5. The molecule has 0 bridgehead atoms. The summed E-state index contributed by atoms with van der Waals surface area (Å²) in [6.45, 7) is 2.91. The van der Waals surface area contributed by atoms with Crippen molar-refractivity contribution in [3.05, 3.63) is 0 Å². The molecule has 0 aromatic carbocycles. The van der Waals surface area contributed by atoms with Gasteiger partial charge in [-0.15, -0.1) is 0 Å². The Kier molecular flexibility index (Phi) is 21.2. The molecule has 28 heavy (non-hydrogen) atoms. The van der Waals surface area contributed by atoms with Gasteiger partial charge in [-0.1, -0.05) is 64.7 Å². The zero-order valence-corrected chi connectivity index (χ0v) is 17.6. The van der Waals surface area contributed by atoms with Gasteiger partial charge in [-0.2, -0.15) is 8.42 Å². The monoisotopic (exact) mass is 428 g/mol. The van der Waals surface area contributed by atoms with Crippen molar-refractivity contribution in [1.82, 2.24) is 0 Å². The van der Waals surface area contributed by atoms with E-state index in [0.29, 0.717) is 6.61 Å². The van der Waals surface area contributed by atoms with Crippen LogP contribution in [0.25, 0.3) is 0 Å². The van der Waals surface area contributed by atoms with Crippen molar-refractivity contribution in [3.63, 3.8) is 0 Å². The molecule has 9 nitrogen and oxygen atoms in total. The van der Waals surface area contributed by atoms with Gasteiger partial charge >= 0.3 is 22.3 Å². The largest absolute Gasteiger partial charge is 0.481 e. The molecule has 0 unspecified atom stereocenters. The number of carboxylic acids is 2. The molecular formula is C18H36O9S. The van der Waals surface area contributed by atoms with E-state index < -0.39 is 22.3 Å². The molecule has 0 aliphatic heterocycles. The molecule has 10 heteroatoms. The lowest BCUT2D eigenvalue weighted by Crippen LogP contribution is -2.10. The lowest BCUT2D eigenvalue weighted by Gasteiger charge is -2.04. The van der Waals surface area contributed by atoms with E-state index in [-0.39, 0.29) is 26.1 Å². The summed E-state index contributed by atoms with van der Waals surface area (Å²) in [6, 6.07) is 0. The summed E-state index contributed by atoms with van der Waals surface area (Å²) < 4.78 is 38.1. The van der Waals surface area contributed by atoms with E-state index in [1.54, 1.807) is 0 Å². The summed E-state index contributed by atoms with van der Waals surface area (Å²) in [5, 5.41) is 15.8. The van der Waals surface area contributed by atoms with Crippen molar-refractivity contribution in [1.29, 1.82) is 0 Å². The van der Waals surface area contributed by atoms with E-state index in [1.807, 2.05) is 0 Å². The van der Waals surface area contributed by atoms with Crippen LogP contribution in [0.1, 0.15) is 84.0 Å². The fourth-order valence-electron chi connectivity index (χ4n) is 2.21. The summed E-state index contributed by atoms with van der Waals surface area (Å²) in [5.74, 6) is -2.15. The van der Waals surface area contributed by atoms with Crippen LogP contribution in [-0.2, 0) is 28.9 Å². The zero-order chi connectivity index (χ0) is 21.7. The smallest absolute Gasteiger partial charge is 0.397 e. The molecule has 0 aromatic heterocycles. The zero-order valence-electron chi connectivity index (χ0n) is 16.8. The molecule has 0 saturated heterocycles. The fourth-order valence-corrected chi connectivity index (χ4v) is 2.48. The number of rotatable bonds is 18. The maximum absolute atomic E-state index is 10.2. The second-order valence-electron chi connectivity index (χ2n) is 6.33. The Morgan fingerprint density at radius 3 is 1.54 bits per heavy atom. The topological polar surface area (TPSA) is 147 Å².